The second-order valence-electron chi connectivity index (χ2n) is 5.62. The first-order chi connectivity index (χ1) is 10.2. The van der Waals surface area contributed by atoms with Gasteiger partial charge in [-0.2, -0.15) is 0 Å². The summed E-state index contributed by atoms with van der Waals surface area (Å²) in [7, 11) is 0. The molecule has 2 aliphatic heterocycles. The Morgan fingerprint density at radius 3 is 2.90 bits per heavy atom. The van der Waals surface area contributed by atoms with E-state index >= 15 is 0 Å². The number of carbonyl (C=O) groups is 2. The Bertz CT molecular complexity index is 552. The van der Waals surface area contributed by atoms with Crippen LogP contribution in [0, 0.1) is 0 Å². The number of ether oxygens (including phenoxy) is 1. The van der Waals surface area contributed by atoms with Crippen LogP contribution in [0.2, 0.25) is 0 Å². The van der Waals surface area contributed by atoms with Gasteiger partial charge in [0.25, 0.3) is 0 Å². The van der Waals surface area contributed by atoms with Crippen LogP contribution >= 0.6 is 0 Å². The van der Waals surface area contributed by atoms with Gasteiger partial charge in [0.2, 0.25) is 11.8 Å². The van der Waals surface area contributed by atoms with Gasteiger partial charge in [0.1, 0.15) is 6.04 Å². The van der Waals surface area contributed by atoms with Crippen LogP contribution in [0.15, 0.2) is 24.3 Å². The first kappa shape index (κ1) is 14.1. The standard InChI is InChI=1S/C16H20N2O3/c1-11(19)18-14-7-3-2-5-12(14)9-15(18)16(20)17-10-13-6-4-8-21-13/h2-3,5,7,13,15H,4,6,8-10H2,1H3,(H,17,20). The van der Waals surface area contributed by atoms with E-state index in [1.54, 1.807) is 4.90 Å². The van der Waals surface area contributed by atoms with Crippen molar-refractivity contribution in [3.8, 4) is 0 Å². The lowest BCUT2D eigenvalue weighted by Gasteiger charge is -2.24. The third-order valence-corrected chi connectivity index (χ3v) is 4.15. The molecule has 112 valence electrons. The van der Waals surface area contributed by atoms with Crippen molar-refractivity contribution in [3.05, 3.63) is 29.8 Å². The molecule has 0 saturated carbocycles. The van der Waals surface area contributed by atoms with Gasteiger partial charge in [-0.15, -0.1) is 0 Å². The van der Waals surface area contributed by atoms with E-state index in [4.69, 9.17) is 4.74 Å². The van der Waals surface area contributed by atoms with E-state index in [0.29, 0.717) is 13.0 Å². The van der Waals surface area contributed by atoms with Crippen LogP contribution in [-0.2, 0) is 20.7 Å². The molecule has 2 amide bonds. The molecular formula is C16H20N2O3. The molecule has 2 unspecified atom stereocenters. The fraction of sp³-hybridized carbons (Fsp3) is 0.500. The maximum Gasteiger partial charge on any atom is 0.243 e. The highest BCUT2D eigenvalue weighted by molar-refractivity contribution is 6.02. The van der Waals surface area contributed by atoms with Crippen molar-refractivity contribution in [2.24, 2.45) is 0 Å². The number of hydrogen-bond acceptors (Lipinski definition) is 3. The van der Waals surface area contributed by atoms with Crippen LogP contribution in [0.4, 0.5) is 5.69 Å². The minimum atomic E-state index is -0.443. The first-order valence-electron chi connectivity index (χ1n) is 7.44. The van der Waals surface area contributed by atoms with Crippen molar-refractivity contribution in [3.63, 3.8) is 0 Å². The van der Waals surface area contributed by atoms with Crippen LogP contribution < -0.4 is 10.2 Å². The van der Waals surface area contributed by atoms with Gasteiger partial charge in [-0.05, 0) is 24.5 Å². The molecule has 1 aromatic carbocycles. The van der Waals surface area contributed by atoms with Crippen LogP contribution in [0.3, 0.4) is 0 Å². The highest BCUT2D eigenvalue weighted by Gasteiger charge is 2.36. The van der Waals surface area contributed by atoms with Crippen LogP contribution in [0.25, 0.3) is 0 Å². The molecule has 0 aromatic heterocycles. The summed E-state index contributed by atoms with van der Waals surface area (Å²) in [6.45, 7) is 2.80. The molecule has 2 aliphatic rings. The summed E-state index contributed by atoms with van der Waals surface area (Å²) >= 11 is 0. The van der Waals surface area contributed by atoms with Crippen molar-refractivity contribution in [1.82, 2.24) is 5.32 Å². The molecule has 1 N–H and O–H groups in total. The second kappa shape index (κ2) is 5.85. The largest absolute Gasteiger partial charge is 0.376 e. The Morgan fingerprint density at radius 2 is 2.19 bits per heavy atom. The summed E-state index contributed by atoms with van der Waals surface area (Å²) in [5.74, 6) is -0.200. The number of anilines is 1. The van der Waals surface area contributed by atoms with Gasteiger partial charge in [0.15, 0.2) is 0 Å². The van der Waals surface area contributed by atoms with E-state index in [1.165, 1.54) is 6.92 Å². The Morgan fingerprint density at radius 1 is 1.38 bits per heavy atom. The average molecular weight is 288 g/mol. The van der Waals surface area contributed by atoms with Gasteiger partial charge < -0.3 is 10.1 Å². The van der Waals surface area contributed by atoms with E-state index in [9.17, 15) is 9.59 Å². The Balaban J connectivity index is 1.69. The van der Waals surface area contributed by atoms with Gasteiger partial charge in [0.05, 0.1) is 6.10 Å². The number of benzene rings is 1. The van der Waals surface area contributed by atoms with Crippen LogP contribution in [0.1, 0.15) is 25.3 Å². The second-order valence-corrected chi connectivity index (χ2v) is 5.62. The first-order valence-corrected chi connectivity index (χ1v) is 7.44. The number of para-hydroxylation sites is 1. The van der Waals surface area contributed by atoms with Crippen LogP contribution in [0.5, 0.6) is 0 Å². The summed E-state index contributed by atoms with van der Waals surface area (Å²) in [5, 5.41) is 2.93. The van der Waals surface area contributed by atoms with E-state index in [1.807, 2.05) is 24.3 Å². The molecule has 2 atom stereocenters. The number of hydrogen-bond donors (Lipinski definition) is 1. The highest BCUT2D eigenvalue weighted by atomic mass is 16.5. The fourth-order valence-electron chi connectivity index (χ4n) is 3.12. The Labute approximate surface area is 124 Å². The number of nitrogens with one attached hydrogen (secondary N) is 1. The molecule has 3 rings (SSSR count). The number of carbonyl (C=O) groups excluding carboxylic acids is 2. The summed E-state index contributed by atoms with van der Waals surface area (Å²) in [5.41, 5.74) is 1.90. The number of amides is 2. The number of rotatable bonds is 3. The third-order valence-electron chi connectivity index (χ3n) is 4.15. The molecule has 0 radical (unpaired) electrons. The minimum Gasteiger partial charge on any atom is -0.376 e. The molecular weight excluding hydrogens is 268 g/mol. The summed E-state index contributed by atoms with van der Waals surface area (Å²) in [6.07, 6.45) is 2.73. The zero-order chi connectivity index (χ0) is 14.8. The zero-order valence-electron chi connectivity index (χ0n) is 12.2. The van der Waals surface area contributed by atoms with Gasteiger partial charge in [-0.3, -0.25) is 14.5 Å². The number of fused-ring (bicyclic) bond motifs is 1. The van der Waals surface area contributed by atoms with E-state index in [2.05, 4.69) is 5.32 Å². The van der Waals surface area contributed by atoms with E-state index in [0.717, 1.165) is 30.7 Å². The lowest BCUT2D eigenvalue weighted by Crippen LogP contribution is -2.48. The van der Waals surface area contributed by atoms with Gasteiger partial charge in [0, 0.05) is 32.2 Å². The topological polar surface area (TPSA) is 58.6 Å². The lowest BCUT2D eigenvalue weighted by atomic mass is 10.1. The summed E-state index contributed by atoms with van der Waals surface area (Å²) in [4.78, 5) is 25.9. The Kier molecular flexibility index (Phi) is 3.92. The van der Waals surface area contributed by atoms with Crippen molar-refractivity contribution < 1.29 is 14.3 Å². The molecule has 1 fully saturated rings. The minimum absolute atomic E-state index is 0.0998. The predicted molar refractivity (Wildman–Crippen MR) is 79.1 cm³/mol. The van der Waals surface area contributed by atoms with Crippen LogP contribution in [-0.4, -0.2) is 37.1 Å². The predicted octanol–water partition coefficient (Wildman–Crippen LogP) is 1.26. The van der Waals surface area contributed by atoms with E-state index < -0.39 is 6.04 Å². The van der Waals surface area contributed by atoms with Crippen molar-refractivity contribution in [2.45, 2.75) is 38.3 Å². The Hall–Kier alpha value is -1.88. The molecule has 5 nitrogen and oxygen atoms in total. The zero-order valence-corrected chi connectivity index (χ0v) is 12.2. The molecule has 0 aliphatic carbocycles. The molecule has 5 heteroatoms. The monoisotopic (exact) mass is 288 g/mol. The van der Waals surface area contributed by atoms with Crippen molar-refractivity contribution in [2.75, 3.05) is 18.1 Å². The molecule has 0 spiro atoms. The summed E-state index contributed by atoms with van der Waals surface area (Å²) < 4.78 is 5.51. The maximum absolute atomic E-state index is 12.4. The highest BCUT2D eigenvalue weighted by Crippen LogP contribution is 2.32. The third kappa shape index (κ3) is 2.78. The van der Waals surface area contributed by atoms with Gasteiger partial charge >= 0.3 is 0 Å². The molecule has 0 bridgehead atoms. The maximum atomic E-state index is 12.4. The smallest absolute Gasteiger partial charge is 0.243 e. The van der Waals surface area contributed by atoms with Gasteiger partial charge in [-0.1, -0.05) is 18.2 Å². The summed E-state index contributed by atoms with van der Waals surface area (Å²) in [6, 6.07) is 7.25. The van der Waals surface area contributed by atoms with Gasteiger partial charge in [-0.25, -0.2) is 0 Å². The fourth-order valence-corrected chi connectivity index (χ4v) is 3.12. The lowest BCUT2D eigenvalue weighted by molar-refractivity contribution is -0.125. The average Bonchev–Trinajstić information content (AvgIpc) is 3.11. The molecule has 1 aromatic rings. The van der Waals surface area contributed by atoms with Crippen molar-refractivity contribution >= 4 is 17.5 Å². The molecule has 2 heterocycles. The number of nitrogens with zero attached hydrogens (tertiary/aromatic N) is 1. The van der Waals surface area contributed by atoms with E-state index in [-0.39, 0.29) is 17.9 Å². The molecule has 1 saturated heterocycles. The molecule has 21 heavy (non-hydrogen) atoms. The SMILES string of the molecule is CC(=O)N1c2ccccc2CC1C(=O)NCC1CCCO1. The normalized spacial score (nSPS) is 24.0. The van der Waals surface area contributed by atoms with Crippen molar-refractivity contribution in [1.29, 1.82) is 0 Å². The quantitative estimate of drug-likeness (QED) is 0.911.